The summed E-state index contributed by atoms with van der Waals surface area (Å²) in [6.07, 6.45) is 2.24. The standard InChI is InChI=1S/C13H20F2N2O2S/c1-2-7-16-8-3-4-9-20(18,19)17-13-6-5-11(14)10-12(13)15/h5-6,10,16-17H,2-4,7-9H2,1H3. The van der Waals surface area contributed by atoms with Gasteiger partial charge in [-0.25, -0.2) is 17.2 Å². The van der Waals surface area contributed by atoms with Crippen molar-refractivity contribution in [3.05, 3.63) is 29.8 Å². The molecule has 1 rings (SSSR count). The third kappa shape index (κ3) is 6.29. The van der Waals surface area contributed by atoms with Crippen LogP contribution in [0, 0.1) is 11.6 Å². The van der Waals surface area contributed by atoms with Gasteiger partial charge in [-0.2, -0.15) is 0 Å². The highest BCUT2D eigenvalue weighted by Gasteiger charge is 2.13. The largest absolute Gasteiger partial charge is 0.317 e. The molecule has 0 amide bonds. The van der Waals surface area contributed by atoms with Gasteiger partial charge in [0.1, 0.15) is 11.6 Å². The summed E-state index contributed by atoms with van der Waals surface area (Å²) in [5, 5.41) is 3.17. The van der Waals surface area contributed by atoms with Gasteiger partial charge in [-0.3, -0.25) is 4.72 Å². The topological polar surface area (TPSA) is 58.2 Å². The Bertz CT molecular complexity index is 521. The van der Waals surface area contributed by atoms with Gasteiger partial charge in [-0.1, -0.05) is 6.92 Å². The van der Waals surface area contributed by atoms with Gasteiger partial charge in [0.25, 0.3) is 0 Å². The van der Waals surface area contributed by atoms with Gasteiger partial charge in [-0.15, -0.1) is 0 Å². The minimum atomic E-state index is -3.60. The Hall–Kier alpha value is -1.21. The predicted molar refractivity (Wildman–Crippen MR) is 76.2 cm³/mol. The number of nitrogens with one attached hydrogen (secondary N) is 2. The fourth-order valence-corrected chi connectivity index (χ4v) is 2.82. The molecule has 7 heteroatoms. The number of anilines is 1. The van der Waals surface area contributed by atoms with Gasteiger partial charge < -0.3 is 5.32 Å². The Morgan fingerprint density at radius 3 is 2.55 bits per heavy atom. The van der Waals surface area contributed by atoms with Crippen molar-refractivity contribution in [1.82, 2.24) is 5.32 Å². The first-order valence-corrected chi connectivity index (χ1v) is 8.26. The number of hydrogen-bond acceptors (Lipinski definition) is 3. The van der Waals surface area contributed by atoms with E-state index in [0.717, 1.165) is 38.1 Å². The number of benzene rings is 1. The van der Waals surface area contributed by atoms with Crippen LogP contribution in [0.4, 0.5) is 14.5 Å². The molecule has 0 heterocycles. The smallest absolute Gasteiger partial charge is 0.232 e. The molecule has 0 atom stereocenters. The summed E-state index contributed by atoms with van der Waals surface area (Å²) in [6.45, 7) is 3.72. The molecule has 0 aliphatic carbocycles. The summed E-state index contributed by atoms with van der Waals surface area (Å²) in [5.41, 5.74) is -0.226. The van der Waals surface area contributed by atoms with Gasteiger partial charge in [0.2, 0.25) is 10.0 Å². The molecule has 0 aliphatic heterocycles. The highest BCUT2D eigenvalue weighted by molar-refractivity contribution is 7.92. The molecule has 0 fully saturated rings. The molecule has 1 aromatic carbocycles. The maximum Gasteiger partial charge on any atom is 0.232 e. The first kappa shape index (κ1) is 16.8. The molecule has 1 aromatic rings. The van der Waals surface area contributed by atoms with Gasteiger partial charge in [0.15, 0.2) is 0 Å². The molecule has 4 nitrogen and oxygen atoms in total. The van der Waals surface area contributed by atoms with E-state index in [9.17, 15) is 17.2 Å². The number of hydrogen-bond donors (Lipinski definition) is 2. The van der Waals surface area contributed by atoms with Crippen molar-refractivity contribution in [2.75, 3.05) is 23.6 Å². The van der Waals surface area contributed by atoms with E-state index < -0.39 is 21.7 Å². The van der Waals surface area contributed by atoms with Crippen LogP contribution in [0.2, 0.25) is 0 Å². The fourth-order valence-electron chi connectivity index (χ4n) is 1.63. The Balaban J connectivity index is 2.41. The molecular weight excluding hydrogens is 286 g/mol. The lowest BCUT2D eigenvalue weighted by Crippen LogP contribution is -2.20. The van der Waals surface area contributed by atoms with Crippen LogP contribution in [0.3, 0.4) is 0 Å². The molecule has 0 aliphatic rings. The van der Waals surface area contributed by atoms with Crippen LogP contribution in [0.1, 0.15) is 26.2 Å². The zero-order valence-corrected chi connectivity index (χ0v) is 12.3. The molecule has 114 valence electrons. The Labute approximate surface area is 118 Å². The molecule has 0 aromatic heterocycles. The van der Waals surface area contributed by atoms with Crippen LogP contribution < -0.4 is 10.0 Å². The third-order valence-electron chi connectivity index (χ3n) is 2.64. The average Bonchev–Trinajstić information content (AvgIpc) is 2.37. The zero-order valence-electron chi connectivity index (χ0n) is 11.5. The van der Waals surface area contributed by atoms with E-state index in [1.165, 1.54) is 0 Å². The summed E-state index contributed by atoms with van der Waals surface area (Å²) in [6, 6.07) is 2.73. The molecule has 0 unspecified atom stereocenters. The lowest BCUT2D eigenvalue weighted by molar-refractivity contribution is 0.580. The second-order valence-electron chi connectivity index (χ2n) is 4.50. The monoisotopic (exact) mass is 306 g/mol. The van der Waals surface area contributed by atoms with Crippen LogP contribution in [0.15, 0.2) is 18.2 Å². The first-order valence-electron chi connectivity index (χ1n) is 6.61. The van der Waals surface area contributed by atoms with E-state index in [2.05, 4.69) is 17.0 Å². The van der Waals surface area contributed by atoms with E-state index >= 15 is 0 Å². The number of unbranched alkanes of at least 4 members (excludes halogenated alkanes) is 1. The third-order valence-corrected chi connectivity index (χ3v) is 4.00. The van der Waals surface area contributed by atoms with Gasteiger partial charge in [-0.05, 0) is 44.5 Å². The van der Waals surface area contributed by atoms with Crippen LogP contribution in [0.5, 0.6) is 0 Å². The summed E-state index contributed by atoms with van der Waals surface area (Å²) >= 11 is 0. The Morgan fingerprint density at radius 2 is 1.90 bits per heavy atom. The second-order valence-corrected chi connectivity index (χ2v) is 6.34. The van der Waals surface area contributed by atoms with Crippen LogP contribution in [-0.2, 0) is 10.0 Å². The predicted octanol–water partition coefficient (Wildman–Crippen LogP) is 2.49. The highest BCUT2D eigenvalue weighted by atomic mass is 32.2. The molecule has 0 saturated carbocycles. The first-order chi connectivity index (χ1) is 9.44. The number of halogens is 2. The maximum atomic E-state index is 13.3. The van der Waals surface area contributed by atoms with Crippen LogP contribution in [0.25, 0.3) is 0 Å². The number of rotatable bonds is 9. The molecule has 0 bridgehead atoms. The fraction of sp³-hybridized carbons (Fsp3) is 0.538. The lowest BCUT2D eigenvalue weighted by atomic mass is 10.3. The van der Waals surface area contributed by atoms with E-state index in [1.54, 1.807) is 0 Å². The molecule has 2 N–H and O–H groups in total. The minimum Gasteiger partial charge on any atom is -0.317 e. The quantitative estimate of drug-likeness (QED) is 0.689. The molecule has 0 saturated heterocycles. The average molecular weight is 306 g/mol. The van der Waals surface area contributed by atoms with Crippen molar-refractivity contribution in [3.63, 3.8) is 0 Å². The van der Waals surface area contributed by atoms with Gasteiger partial charge >= 0.3 is 0 Å². The van der Waals surface area contributed by atoms with Crippen LogP contribution >= 0.6 is 0 Å². The van der Waals surface area contributed by atoms with Crippen molar-refractivity contribution >= 4 is 15.7 Å². The second kappa shape index (κ2) is 8.16. The molecule has 20 heavy (non-hydrogen) atoms. The van der Waals surface area contributed by atoms with E-state index in [1.807, 2.05) is 0 Å². The Kier molecular flexibility index (Phi) is 6.87. The summed E-state index contributed by atoms with van der Waals surface area (Å²) in [7, 11) is -3.60. The van der Waals surface area contributed by atoms with Crippen molar-refractivity contribution in [2.24, 2.45) is 0 Å². The molecular formula is C13H20F2N2O2S. The van der Waals surface area contributed by atoms with E-state index in [-0.39, 0.29) is 11.4 Å². The minimum absolute atomic E-state index is 0.0857. The van der Waals surface area contributed by atoms with E-state index in [0.29, 0.717) is 12.5 Å². The van der Waals surface area contributed by atoms with Crippen molar-refractivity contribution in [2.45, 2.75) is 26.2 Å². The van der Waals surface area contributed by atoms with Crippen molar-refractivity contribution < 1.29 is 17.2 Å². The Morgan fingerprint density at radius 1 is 1.15 bits per heavy atom. The van der Waals surface area contributed by atoms with Crippen LogP contribution in [-0.4, -0.2) is 27.3 Å². The molecule has 0 spiro atoms. The number of sulfonamides is 1. The zero-order chi connectivity index (χ0) is 15.0. The summed E-state index contributed by atoms with van der Waals surface area (Å²) in [4.78, 5) is 0. The maximum absolute atomic E-state index is 13.3. The van der Waals surface area contributed by atoms with Gasteiger partial charge in [0.05, 0.1) is 11.4 Å². The molecule has 0 radical (unpaired) electrons. The lowest BCUT2D eigenvalue weighted by Gasteiger charge is -2.09. The van der Waals surface area contributed by atoms with Crippen molar-refractivity contribution in [1.29, 1.82) is 0 Å². The normalized spacial score (nSPS) is 11.6. The summed E-state index contributed by atoms with van der Waals surface area (Å²) < 4.78 is 51.6. The highest BCUT2D eigenvalue weighted by Crippen LogP contribution is 2.16. The summed E-state index contributed by atoms with van der Waals surface area (Å²) in [5.74, 6) is -1.75. The van der Waals surface area contributed by atoms with Gasteiger partial charge in [0, 0.05) is 6.07 Å². The van der Waals surface area contributed by atoms with Crippen molar-refractivity contribution in [3.8, 4) is 0 Å². The SMILES string of the molecule is CCCNCCCCS(=O)(=O)Nc1ccc(F)cc1F. The van der Waals surface area contributed by atoms with E-state index in [4.69, 9.17) is 0 Å².